The molecule has 7 heteroatoms. The number of guanidine groups is 1. The molecule has 1 atom stereocenters. The summed E-state index contributed by atoms with van der Waals surface area (Å²) in [5, 5.41) is 7.68. The van der Waals surface area contributed by atoms with Gasteiger partial charge in [-0.3, -0.25) is 4.99 Å². The smallest absolute Gasteiger partial charge is 0.194 e. The number of methoxy groups -OCH3 is 2. The number of likely N-dealkylation sites (tertiary alicyclic amines) is 1. The van der Waals surface area contributed by atoms with Crippen molar-refractivity contribution in [2.75, 3.05) is 34.4 Å². The van der Waals surface area contributed by atoms with Crippen molar-refractivity contribution >= 4 is 5.96 Å². The van der Waals surface area contributed by atoms with E-state index in [1.165, 1.54) is 5.56 Å². The Morgan fingerprint density at radius 1 is 1.20 bits per heavy atom. The van der Waals surface area contributed by atoms with Crippen LogP contribution >= 0.6 is 0 Å². The van der Waals surface area contributed by atoms with Crippen LogP contribution in [0, 0.1) is 0 Å². The Labute approximate surface area is 179 Å². The van der Waals surface area contributed by atoms with Gasteiger partial charge in [-0.25, -0.2) is 0 Å². The molecule has 2 aromatic rings. The van der Waals surface area contributed by atoms with E-state index >= 15 is 0 Å². The van der Waals surface area contributed by atoms with Crippen molar-refractivity contribution in [1.29, 1.82) is 0 Å². The van der Waals surface area contributed by atoms with Crippen LogP contribution in [0.5, 0.6) is 11.5 Å². The average Bonchev–Trinajstić information content (AvgIpc) is 3.45. The largest absolute Gasteiger partial charge is 0.497 e. The summed E-state index contributed by atoms with van der Waals surface area (Å²) in [5.41, 5.74) is 2.27. The van der Waals surface area contributed by atoms with Gasteiger partial charge in [0.15, 0.2) is 11.7 Å². The van der Waals surface area contributed by atoms with Crippen LogP contribution in [0.2, 0.25) is 0 Å². The third-order valence-corrected chi connectivity index (χ3v) is 5.95. The van der Waals surface area contributed by atoms with Gasteiger partial charge in [-0.2, -0.15) is 0 Å². The minimum absolute atomic E-state index is 0.402. The van der Waals surface area contributed by atoms with E-state index in [9.17, 15) is 0 Å². The normalized spacial score (nSPS) is 16.9. The highest BCUT2D eigenvalue weighted by Crippen LogP contribution is 2.33. The Hall–Kier alpha value is -2.70. The molecule has 0 radical (unpaired) electrons. The van der Waals surface area contributed by atoms with Crippen LogP contribution in [0.4, 0.5) is 0 Å². The number of ether oxygens (including phenoxy) is 2. The molecule has 1 unspecified atom stereocenters. The lowest BCUT2D eigenvalue weighted by atomic mass is 9.98. The van der Waals surface area contributed by atoms with Gasteiger partial charge >= 0.3 is 0 Å². The second-order valence-corrected chi connectivity index (χ2v) is 7.71. The molecule has 0 saturated carbocycles. The van der Waals surface area contributed by atoms with Gasteiger partial charge in [-0.05, 0) is 37.0 Å². The maximum atomic E-state index is 5.53. The van der Waals surface area contributed by atoms with Gasteiger partial charge in [0.25, 0.3) is 0 Å². The summed E-state index contributed by atoms with van der Waals surface area (Å²) in [4.78, 5) is 6.76. The van der Waals surface area contributed by atoms with Crippen LogP contribution < -0.4 is 14.8 Å². The summed E-state index contributed by atoms with van der Waals surface area (Å²) < 4.78 is 16.4. The van der Waals surface area contributed by atoms with Crippen molar-refractivity contribution in [3.8, 4) is 11.5 Å². The highest BCUT2D eigenvalue weighted by atomic mass is 16.5. The zero-order valence-corrected chi connectivity index (χ0v) is 18.8. The predicted octanol–water partition coefficient (Wildman–Crippen LogP) is 4.16. The van der Waals surface area contributed by atoms with Crippen LogP contribution in [-0.4, -0.2) is 50.4 Å². The van der Waals surface area contributed by atoms with Crippen molar-refractivity contribution in [2.24, 2.45) is 4.99 Å². The number of nitrogens with one attached hydrogen (secondary N) is 1. The van der Waals surface area contributed by atoms with Crippen molar-refractivity contribution in [2.45, 2.75) is 51.5 Å². The molecule has 0 aliphatic carbocycles. The highest BCUT2D eigenvalue weighted by molar-refractivity contribution is 5.80. The molecule has 1 aromatic heterocycles. The first-order valence-electron chi connectivity index (χ1n) is 10.8. The highest BCUT2D eigenvalue weighted by Gasteiger charge is 2.27. The molecule has 1 aromatic carbocycles. The predicted molar refractivity (Wildman–Crippen MR) is 119 cm³/mol. The quantitative estimate of drug-likeness (QED) is 0.517. The molecule has 0 bridgehead atoms. The number of hydrogen-bond acceptors (Lipinski definition) is 5. The van der Waals surface area contributed by atoms with Crippen LogP contribution in [0.3, 0.4) is 0 Å². The molecule has 0 amide bonds. The van der Waals surface area contributed by atoms with Gasteiger partial charge in [-0.1, -0.05) is 19.0 Å². The Bertz CT molecular complexity index is 822. The molecule has 30 heavy (non-hydrogen) atoms. The number of nitrogens with zero attached hydrogens (tertiary/aromatic N) is 3. The molecule has 7 nitrogen and oxygen atoms in total. The molecule has 0 spiro atoms. The number of aromatic nitrogens is 1. The summed E-state index contributed by atoms with van der Waals surface area (Å²) in [5.74, 6) is 4.23. The van der Waals surface area contributed by atoms with E-state index in [-0.39, 0.29) is 0 Å². The molecule has 1 saturated heterocycles. The van der Waals surface area contributed by atoms with Gasteiger partial charge in [0.05, 0.1) is 26.5 Å². The first-order valence-corrected chi connectivity index (χ1v) is 10.8. The van der Waals surface area contributed by atoms with Crippen LogP contribution in [0.15, 0.2) is 33.8 Å². The molecular weight excluding hydrogens is 380 g/mol. The standard InChI is InChI=1S/C23H34N4O3/c1-6-16(7-2)22-13-21(30-26-22)14-25-23(24-3)27-9-8-17(15-27)18-10-19(28-4)12-20(11-18)29-5/h10-13,16-17H,6-9,14-15H2,1-5H3,(H,24,25). The molecule has 1 N–H and O–H groups in total. The van der Waals surface area contributed by atoms with Crippen LogP contribution in [-0.2, 0) is 6.54 Å². The number of aliphatic imine (C=N–C) groups is 1. The van der Waals surface area contributed by atoms with Crippen molar-refractivity contribution < 1.29 is 14.0 Å². The minimum Gasteiger partial charge on any atom is -0.497 e. The zero-order valence-electron chi connectivity index (χ0n) is 18.8. The third kappa shape index (κ3) is 5.07. The van der Waals surface area contributed by atoms with Crippen LogP contribution in [0.25, 0.3) is 0 Å². The van der Waals surface area contributed by atoms with Crippen molar-refractivity contribution in [1.82, 2.24) is 15.4 Å². The second-order valence-electron chi connectivity index (χ2n) is 7.71. The van der Waals surface area contributed by atoms with E-state index in [1.54, 1.807) is 14.2 Å². The summed E-state index contributed by atoms with van der Waals surface area (Å²) >= 11 is 0. The molecule has 1 fully saturated rings. The van der Waals surface area contributed by atoms with E-state index in [2.05, 4.69) is 52.4 Å². The van der Waals surface area contributed by atoms with Crippen molar-refractivity contribution in [3.05, 3.63) is 41.3 Å². The fourth-order valence-electron chi connectivity index (χ4n) is 4.10. The monoisotopic (exact) mass is 414 g/mol. The maximum absolute atomic E-state index is 5.53. The van der Waals surface area contributed by atoms with Crippen molar-refractivity contribution in [3.63, 3.8) is 0 Å². The second kappa shape index (κ2) is 10.4. The first-order chi connectivity index (χ1) is 14.6. The summed E-state index contributed by atoms with van der Waals surface area (Å²) in [6, 6.07) is 8.17. The lowest BCUT2D eigenvalue weighted by Gasteiger charge is -2.21. The summed E-state index contributed by atoms with van der Waals surface area (Å²) in [6.07, 6.45) is 3.20. The SMILES string of the molecule is CCC(CC)c1cc(CNC(=NC)N2CCC(c3cc(OC)cc(OC)c3)C2)on1. The van der Waals surface area contributed by atoms with Gasteiger partial charge in [-0.15, -0.1) is 0 Å². The van der Waals surface area contributed by atoms with Gasteiger partial charge in [0.2, 0.25) is 0 Å². The van der Waals surface area contributed by atoms with Gasteiger partial charge in [0.1, 0.15) is 11.5 Å². The fraction of sp³-hybridized carbons (Fsp3) is 0.565. The molecule has 2 heterocycles. The third-order valence-electron chi connectivity index (χ3n) is 5.95. The molecule has 1 aliphatic heterocycles. The van der Waals surface area contributed by atoms with Gasteiger partial charge in [0, 0.05) is 44.1 Å². The molecule has 1 aliphatic rings. The van der Waals surface area contributed by atoms with Gasteiger partial charge < -0.3 is 24.2 Å². The average molecular weight is 415 g/mol. The van der Waals surface area contributed by atoms with E-state index in [4.69, 9.17) is 14.0 Å². The lowest BCUT2D eigenvalue weighted by molar-refractivity contribution is 0.365. The Balaban J connectivity index is 1.61. The maximum Gasteiger partial charge on any atom is 0.194 e. The molecule has 164 valence electrons. The zero-order chi connectivity index (χ0) is 21.5. The number of hydrogen-bond donors (Lipinski definition) is 1. The Morgan fingerprint density at radius 2 is 1.90 bits per heavy atom. The number of benzene rings is 1. The molecular formula is C23H34N4O3. The van der Waals surface area contributed by atoms with E-state index in [0.29, 0.717) is 18.4 Å². The molecule has 3 rings (SSSR count). The minimum atomic E-state index is 0.402. The van der Waals surface area contributed by atoms with E-state index in [0.717, 1.165) is 61.3 Å². The first kappa shape index (κ1) is 22.0. The lowest BCUT2D eigenvalue weighted by Crippen LogP contribution is -2.39. The Morgan fingerprint density at radius 3 is 2.50 bits per heavy atom. The van der Waals surface area contributed by atoms with E-state index in [1.807, 2.05) is 13.1 Å². The van der Waals surface area contributed by atoms with Crippen LogP contribution in [0.1, 0.15) is 62.0 Å². The Kier molecular flexibility index (Phi) is 7.60. The topological polar surface area (TPSA) is 72.1 Å². The van der Waals surface area contributed by atoms with E-state index < -0.39 is 0 Å². The fourth-order valence-corrected chi connectivity index (χ4v) is 4.10. The summed E-state index contributed by atoms with van der Waals surface area (Å²) in [6.45, 7) is 6.78. The number of rotatable bonds is 8. The summed E-state index contributed by atoms with van der Waals surface area (Å²) in [7, 11) is 5.19.